The zero-order valence-corrected chi connectivity index (χ0v) is 14.9. The van der Waals surface area contributed by atoms with Crippen molar-refractivity contribution >= 4 is 34.6 Å². The molecule has 1 aromatic carbocycles. The number of carbonyl (C=O) groups is 2. The predicted molar refractivity (Wildman–Crippen MR) is 92.2 cm³/mol. The maximum Gasteiger partial charge on any atom is 0.408 e. The molecule has 0 aliphatic heterocycles. The van der Waals surface area contributed by atoms with Crippen LogP contribution in [0.15, 0.2) is 24.4 Å². The molecule has 130 valence electrons. The highest BCUT2D eigenvalue weighted by molar-refractivity contribution is 6.35. The van der Waals surface area contributed by atoms with E-state index in [9.17, 15) is 9.59 Å². The summed E-state index contributed by atoms with van der Waals surface area (Å²) in [6.07, 6.45) is 1.32. The first kappa shape index (κ1) is 18.1. The van der Waals surface area contributed by atoms with Crippen molar-refractivity contribution in [1.82, 2.24) is 10.3 Å². The van der Waals surface area contributed by atoms with Gasteiger partial charge >= 0.3 is 12.1 Å². The van der Waals surface area contributed by atoms with Crippen molar-refractivity contribution in [2.24, 2.45) is 0 Å². The molecule has 2 aromatic rings. The van der Waals surface area contributed by atoms with E-state index >= 15 is 0 Å². The summed E-state index contributed by atoms with van der Waals surface area (Å²) in [6.45, 7) is 5.25. The summed E-state index contributed by atoms with van der Waals surface area (Å²) in [7, 11) is 1.27. The van der Waals surface area contributed by atoms with Gasteiger partial charge in [0.05, 0.1) is 12.1 Å². The molecule has 7 heteroatoms. The Morgan fingerprint density at radius 1 is 1.33 bits per heavy atom. The smallest absolute Gasteiger partial charge is 0.408 e. The van der Waals surface area contributed by atoms with Crippen molar-refractivity contribution in [1.29, 1.82) is 0 Å². The lowest BCUT2D eigenvalue weighted by Gasteiger charge is -2.22. The van der Waals surface area contributed by atoms with Crippen molar-refractivity contribution in [3.05, 3.63) is 35.0 Å². The number of nitrogens with one attached hydrogen (secondary N) is 2. The predicted octanol–water partition coefficient (Wildman–Crippen LogP) is 3.43. The van der Waals surface area contributed by atoms with Crippen LogP contribution >= 0.6 is 11.6 Å². The number of ether oxygens (including phenoxy) is 2. The van der Waals surface area contributed by atoms with E-state index < -0.39 is 23.7 Å². The third-order valence-corrected chi connectivity index (χ3v) is 3.65. The molecular formula is C17H21ClN2O4. The van der Waals surface area contributed by atoms with Gasteiger partial charge in [-0.25, -0.2) is 9.59 Å². The summed E-state index contributed by atoms with van der Waals surface area (Å²) in [5, 5.41) is 3.95. The number of H-pyrrole nitrogens is 1. The summed E-state index contributed by atoms with van der Waals surface area (Å²) in [4.78, 5) is 27.1. The van der Waals surface area contributed by atoms with E-state index in [1.165, 1.54) is 7.11 Å². The fourth-order valence-corrected chi connectivity index (χ4v) is 2.67. The van der Waals surface area contributed by atoms with Gasteiger partial charge in [0.15, 0.2) is 0 Å². The second-order valence-electron chi connectivity index (χ2n) is 6.40. The molecule has 2 rings (SSSR count). The fraction of sp³-hybridized carbons (Fsp3) is 0.412. The SMILES string of the molecule is COC(=O)[C@H](Cc1c[nH]c2cccc(Cl)c12)NC(=O)OC(C)(C)C. The van der Waals surface area contributed by atoms with Crippen LogP contribution in [0, 0.1) is 0 Å². The second-order valence-corrected chi connectivity index (χ2v) is 6.81. The number of rotatable bonds is 4. The molecule has 0 radical (unpaired) electrons. The second kappa shape index (κ2) is 7.13. The molecule has 6 nitrogen and oxygen atoms in total. The van der Waals surface area contributed by atoms with Gasteiger partial charge in [-0.2, -0.15) is 0 Å². The molecule has 0 saturated heterocycles. The number of hydrogen-bond donors (Lipinski definition) is 2. The van der Waals surface area contributed by atoms with Crippen LogP contribution in [0.2, 0.25) is 5.02 Å². The number of fused-ring (bicyclic) bond motifs is 1. The van der Waals surface area contributed by atoms with Crippen molar-refractivity contribution < 1.29 is 19.1 Å². The van der Waals surface area contributed by atoms with E-state index in [0.717, 1.165) is 16.5 Å². The van der Waals surface area contributed by atoms with Gasteiger partial charge in [0.25, 0.3) is 0 Å². The molecule has 1 atom stereocenters. The Kier molecular flexibility index (Phi) is 5.39. The first-order chi connectivity index (χ1) is 11.2. The normalized spacial score (nSPS) is 12.7. The van der Waals surface area contributed by atoms with Gasteiger partial charge in [-0.05, 0) is 38.5 Å². The minimum atomic E-state index is -0.875. The molecule has 2 N–H and O–H groups in total. The van der Waals surface area contributed by atoms with Crippen LogP contribution in [-0.4, -0.2) is 35.8 Å². The number of amides is 1. The van der Waals surface area contributed by atoms with Gasteiger partial charge in [0.1, 0.15) is 11.6 Å². The number of halogens is 1. The van der Waals surface area contributed by atoms with Gasteiger partial charge in [0.2, 0.25) is 0 Å². The zero-order valence-electron chi connectivity index (χ0n) is 14.1. The number of hydrogen-bond acceptors (Lipinski definition) is 4. The van der Waals surface area contributed by atoms with Crippen LogP contribution < -0.4 is 5.32 Å². The monoisotopic (exact) mass is 352 g/mol. The Morgan fingerprint density at radius 3 is 2.67 bits per heavy atom. The highest BCUT2D eigenvalue weighted by Crippen LogP contribution is 2.27. The van der Waals surface area contributed by atoms with Crippen molar-refractivity contribution in [2.45, 2.75) is 38.8 Å². The average Bonchev–Trinajstić information content (AvgIpc) is 2.88. The first-order valence-corrected chi connectivity index (χ1v) is 7.91. The minimum Gasteiger partial charge on any atom is -0.467 e. The molecule has 1 heterocycles. The van der Waals surface area contributed by atoms with Crippen LogP contribution in [0.5, 0.6) is 0 Å². The number of esters is 1. The highest BCUT2D eigenvalue weighted by atomic mass is 35.5. The Labute approximate surface area is 145 Å². The highest BCUT2D eigenvalue weighted by Gasteiger charge is 2.26. The lowest BCUT2D eigenvalue weighted by molar-refractivity contribution is -0.143. The standard InChI is InChI=1S/C17H21ClN2O4/c1-17(2,3)24-16(22)20-13(15(21)23-4)8-10-9-19-12-7-5-6-11(18)14(10)12/h5-7,9,13,19H,8H2,1-4H3,(H,20,22)/t13-/m0/s1. The third-order valence-electron chi connectivity index (χ3n) is 3.34. The van der Waals surface area contributed by atoms with Gasteiger partial charge in [-0.1, -0.05) is 17.7 Å². The number of methoxy groups -OCH3 is 1. The number of aromatic amines is 1. The average molecular weight is 353 g/mol. The number of carbonyl (C=O) groups excluding carboxylic acids is 2. The molecule has 1 aromatic heterocycles. The molecule has 0 spiro atoms. The summed E-state index contributed by atoms with van der Waals surface area (Å²) < 4.78 is 9.98. The summed E-state index contributed by atoms with van der Waals surface area (Å²) in [6, 6.07) is 4.62. The number of aromatic nitrogens is 1. The molecule has 0 aliphatic rings. The molecule has 24 heavy (non-hydrogen) atoms. The third kappa shape index (κ3) is 4.41. The lowest BCUT2D eigenvalue weighted by Crippen LogP contribution is -2.45. The lowest BCUT2D eigenvalue weighted by atomic mass is 10.1. The van der Waals surface area contributed by atoms with E-state index in [0.29, 0.717) is 5.02 Å². The van der Waals surface area contributed by atoms with Gasteiger partial charge in [-0.3, -0.25) is 0 Å². The Bertz CT molecular complexity index is 749. The Morgan fingerprint density at radius 2 is 2.04 bits per heavy atom. The van der Waals surface area contributed by atoms with Gasteiger partial charge < -0.3 is 19.8 Å². The van der Waals surface area contributed by atoms with Crippen LogP contribution in [0.25, 0.3) is 10.9 Å². The Balaban J connectivity index is 2.22. The fourth-order valence-electron chi connectivity index (χ4n) is 2.37. The van der Waals surface area contributed by atoms with E-state index in [1.807, 2.05) is 12.1 Å². The van der Waals surface area contributed by atoms with Crippen LogP contribution in [0.1, 0.15) is 26.3 Å². The maximum absolute atomic E-state index is 12.0. The Hall–Kier alpha value is -2.21. The number of benzene rings is 1. The topological polar surface area (TPSA) is 80.4 Å². The summed E-state index contributed by atoms with van der Waals surface area (Å²) in [5.41, 5.74) is 1.01. The van der Waals surface area contributed by atoms with Crippen LogP contribution in [0.4, 0.5) is 4.79 Å². The largest absolute Gasteiger partial charge is 0.467 e. The first-order valence-electron chi connectivity index (χ1n) is 7.53. The van der Waals surface area contributed by atoms with E-state index in [4.69, 9.17) is 21.1 Å². The van der Waals surface area contributed by atoms with Crippen molar-refractivity contribution in [3.8, 4) is 0 Å². The molecule has 0 bridgehead atoms. The van der Waals surface area contributed by atoms with Crippen LogP contribution in [-0.2, 0) is 20.7 Å². The van der Waals surface area contributed by atoms with Crippen molar-refractivity contribution in [2.75, 3.05) is 7.11 Å². The molecule has 0 fully saturated rings. The van der Waals surface area contributed by atoms with E-state index in [1.54, 1.807) is 33.0 Å². The van der Waals surface area contributed by atoms with Gasteiger partial charge in [0, 0.05) is 23.5 Å². The van der Waals surface area contributed by atoms with E-state index in [-0.39, 0.29) is 6.42 Å². The molecule has 0 unspecified atom stereocenters. The summed E-state index contributed by atoms with van der Waals surface area (Å²) >= 11 is 6.25. The molecule has 1 amide bonds. The summed E-state index contributed by atoms with van der Waals surface area (Å²) in [5.74, 6) is -0.553. The maximum atomic E-state index is 12.0. The van der Waals surface area contributed by atoms with Crippen molar-refractivity contribution in [3.63, 3.8) is 0 Å². The zero-order chi connectivity index (χ0) is 17.9. The number of alkyl carbamates (subject to hydrolysis) is 1. The van der Waals surface area contributed by atoms with Crippen LogP contribution in [0.3, 0.4) is 0 Å². The quantitative estimate of drug-likeness (QED) is 0.826. The molecule has 0 aliphatic carbocycles. The van der Waals surface area contributed by atoms with Gasteiger partial charge in [-0.15, -0.1) is 0 Å². The van der Waals surface area contributed by atoms with E-state index in [2.05, 4.69) is 10.3 Å². The minimum absolute atomic E-state index is 0.232. The molecular weight excluding hydrogens is 332 g/mol. The molecule has 0 saturated carbocycles.